The summed E-state index contributed by atoms with van der Waals surface area (Å²) in [5.74, 6) is 3.38. The summed E-state index contributed by atoms with van der Waals surface area (Å²) in [6.07, 6.45) is 2.63. The van der Waals surface area contributed by atoms with Crippen LogP contribution in [0.5, 0.6) is 11.5 Å². The highest BCUT2D eigenvalue weighted by molar-refractivity contribution is 7.09. The molecule has 0 saturated carbocycles. The SMILES string of the molecule is CCc1nncn1CCNC(=NCc1cccs1)N(C)Cc1ccc(OC)cc1OC. The van der Waals surface area contributed by atoms with Crippen molar-refractivity contribution in [3.8, 4) is 11.5 Å². The predicted octanol–water partition coefficient (Wildman–Crippen LogP) is 3.20. The summed E-state index contributed by atoms with van der Waals surface area (Å²) < 4.78 is 12.9. The largest absolute Gasteiger partial charge is 0.497 e. The predicted molar refractivity (Wildman–Crippen MR) is 124 cm³/mol. The molecule has 166 valence electrons. The molecular weight excluding hydrogens is 412 g/mol. The van der Waals surface area contributed by atoms with E-state index in [0.29, 0.717) is 13.1 Å². The van der Waals surface area contributed by atoms with E-state index in [9.17, 15) is 0 Å². The third kappa shape index (κ3) is 6.21. The van der Waals surface area contributed by atoms with Gasteiger partial charge in [-0.15, -0.1) is 21.5 Å². The molecule has 0 atom stereocenters. The molecule has 0 radical (unpaired) electrons. The first kappa shape index (κ1) is 22.6. The van der Waals surface area contributed by atoms with Gasteiger partial charge in [0.2, 0.25) is 0 Å². The van der Waals surface area contributed by atoms with E-state index in [4.69, 9.17) is 14.5 Å². The molecule has 0 spiro atoms. The molecule has 9 heteroatoms. The summed E-state index contributed by atoms with van der Waals surface area (Å²) in [7, 11) is 5.35. The van der Waals surface area contributed by atoms with Gasteiger partial charge in [-0.05, 0) is 23.6 Å². The van der Waals surface area contributed by atoms with Crippen molar-refractivity contribution in [2.24, 2.45) is 4.99 Å². The van der Waals surface area contributed by atoms with Crippen molar-refractivity contribution in [1.82, 2.24) is 25.0 Å². The van der Waals surface area contributed by atoms with E-state index in [1.54, 1.807) is 31.9 Å². The Morgan fingerprint density at radius 1 is 1.26 bits per heavy atom. The Morgan fingerprint density at radius 2 is 2.13 bits per heavy atom. The van der Waals surface area contributed by atoms with Crippen molar-refractivity contribution >= 4 is 17.3 Å². The first-order valence-corrected chi connectivity index (χ1v) is 11.1. The van der Waals surface area contributed by atoms with Gasteiger partial charge in [-0.2, -0.15) is 0 Å². The van der Waals surface area contributed by atoms with E-state index < -0.39 is 0 Å². The quantitative estimate of drug-likeness (QED) is 0.384. The van der Waals surface area contributed by atoms with Gasteiger partial charge in [0.15, 0.2) is 5.96 Å². The fraction of sp³-hybridized carbons (Fsp3) is 0.409. The minimum absolute atomic E-state index is 0.636. The summed E-state index contributed by atoms with van der Waals surface area (Å²) in [6.45, 7) is 4.86. The van der Waals surface area contributed by atoms with Crippen LogP contribution in [0.4, 0.5) is 0 Å². The number of nitrogens with one attached hydrogen (secondary N) is 1. The zero-order chi connectivity index (χ0) is 22.1. The zero-order valence-electron chi connectivity index (χ0n) is 18.5. The van der Waals surface area contributed by atoms with Crippen LogP contribution in [0.15, 0.2) is 47.0 Å². The molecule has 2 heterocycles. The van der Waals surface area contributed by atoms with Crippen molar-refractivity contribution in [3.05, 3.63) is 58.3 Å². The first-order valence-electron chi connectivity index (χ1n) is 10.2. The van der Waals surface area contributed by atoms with E-state index >= 15 is 0 Å². The molecule has 1 N–H and O–H groups in total. The van der Waals surface area contributed by atoms with Crippen LogP contribution in [0.3, 0.4) is 0 Å². The number of ether oxygens (including phenoxy) is 2. The van der Waals surface area contributed by atoms with Gasteiger partial charge in [0.25, 0.3) is 0 Å². The summed E-state index contributed by atoms with van der Waals surface area (Å²) in [4.78, 5) is 8.17. The van der Waals surface area contributed by atoms with Crippen molar-refractivity contribution in [2.75, 3.05) is 27.8 Å². The number of aryl methyl sites for hydroxylation is 1. The second-order valence-electron chi connectivity index (χ2n) is 6.97. The first-order chi connectivity index (χ1) is 15.1. The third-order valence-electron chi connectivity index (χ3n) is 4.88. The normalized spacial score (nSPS) is 11.4. The lowest BCUT2D eigenvalue weighted by Gasteiger charge is -2.24. The third-order valence-corrected chi connectivity index (χ3v) is 5.74. The molecular formula is C22H30N6O2S. The van der Waals surface area contributed by atoms with E-state index in [0.717, 1.165) is 48.4 Å². The number of methoxy groups -OCH3 is 2. The highest BCUT2D eigenvalue weighted by atomic mass is 32.1. The Labute approximate surface area is 187 Å². The monoisotopic (exact) mass is 442 g/mol. The molecule has 31 heavy (non-hydrogen) atoms. The molecule has 0 fully saturated rings. The molecule has 0 amide bonds. The number of aromatic nitrogens is 3. The van der Waals surface area contributed by atoms with Gasteiger partial charge in [0.05, 0.1) is 20.8 Å². The highest BCUT2D eigenvalue weighted by Crippen LogP contribution is 2.25. The molecule has 0 aliphatic heterocycles. The van der Waals surface area contributed by atoms with Crippen LogP contribution in [-0.2, 0) is 26.1 Å². The average molecular weight is 443 g/mol. The van der Waals surface area contributed by atoms with Crippen LogP contribution in [-0.4, -0.2) is 53.4 Å². The van der Waals surface area contributed by atoms with Crippen molar-refractivity contribution in [2.45, 2.75) is 33.0 Å². The second kappa shape index (κ2) is 11.4. The van der Waals surface area contributed by atoms with Gasteiger partial charge in [0, 0.05) is 49.6 Å². The molecule has 0 aliphatic rings. The van der Waals surface area contributed by atoms with Crippen LogP contribution in [0.25, 0.3) is 0 Å². The summed E-state index contributed by atoms with van der Waals surface area (Å²) in [5, 5.41) is 13.7. The van der Waals surface area contributed by atoms with Gasteiger partial charge in [-0.25, -0.2) is 4.99 Å². The smallest absolute Gasteiger partial charge is 0.194 e. The van der Waals surface area contributed by atoms with Gasteiger partial charge < -0.3 is 24.3 Å². The Balaban J connectivity index is 1.71. The lowest BCUT2D eigenvalue weighted by Crippen LogP contribution is -2.40. The molecule has 8 nitrogen and oxygen atoms in total. The van der Waals surface area contributed by atoms with Gasteiger partial charge in [-0.1, -0.05) is 13.0 Å². The van der Waals surface area contributed by atoms with Crippen molar-refractivity contribution in [3.63, 3.8) is 0 Å². The molecule has 0 aliphatic carbocycles. The molecule has 0 bridgehead atoms. The van der Waals surface area contributed by atoms with Crippen LogP contribution in [0.1, 0.15) is 23.2 Å². The van der Waals surface area contributed by atoms with Crippen LogP contribution in [0, 0.1) is 0 Å². The number of guanidine groups is 1. The molecule has 2 aromatic heterocycles. The van der Waals surface area contributed by atoms with E-state index in [2.05, 4.69) is 43.4 Å². The average Bonchev–Trinajstić information content (AvgIpc) is 3.48. The fourth-order valence-corrected chi connectivity index (χ4v) is 3.84. The molecule has 3 rings (SSSR count). The summed E-state index contributed by atoms with van der Waals surface area (Å²) >= 11 is 1.71. The number of thiophene rings is 1. The number of hydrogen-bond acceptors (Lipinski definition) is 6. The summed E-state index contributed by atoms with van der Waals surface area (Å²) in [5.41, 5.74) is 1.06. The molecule has 1 aromatic carbocycles. The topological polar surface area (TPSA) is 76.8 Å². The van der Waals surface area contributed by atoms with Crippen LogP contribution >= 0.6 is 11.3 Å². The standard InChI is InChI=1S/C22H30N6O2S/c1-5-21-26-25-16-28(21)11-10-23-22(24-14-19-7-6-12-31-19)27(2)15-17-8-9-18(29-3)13-20(17)30-4/h6-9,12-13,16H,5,10-11,14-15H2,1-4H3,(H,23,24). The second-order valence-corrected chi connectivity index (χ2v) is 8.01. The highest BCUT2D eigenvalue weighted by Gasteiger charge is 2.12. The maximum absolute atomic E-state index is 5.56. The lowest BCUT2D eigenvalue weighted by atomic mass is 10.2. The molecule has 0 unspecified atom stereocenters. The van der Waals surface area contributed by atoms with Gasteiger partial charge >= 0.3 is 0 Å². The number of hydrogen-bond donors (Lipinski definition) is 1. The fourth-order valence-electron chi connectivity index (χ4n) is 3.21. The molecule has 3 aromatic rings. The number of benzene rings is 1. The lowest BCUT2D eigenvalue weighted by molar-refractivity contribution is 0.382. The Kier molecular flexibility index (Phi) is 8.28. The van der Waals surface area contributed by atoms with E-state index in [1.165, 1.54) is 4.88 Å². The van der Waals surface area contributed by atoms with Gasteiger partial charge in [-0.3, -0.25) is 0 Å². The zero-order valence-corrected chi connectivity index (χ0v) is 19.4. The van der Waals surface area contributed by atoms with Crippen molar-refractivity contribution in [1.29, 1.82) is 0 Å². The number of aliphatic imine (C=N–C) groups is 1. The number of rotatable bonds is 10. The maximum atomic E-state index is 5.56. The minimum Gasteiger partial charge on any atom is -0.497 e. The Bertz CT molecular complexity index is 970. The molecule has 0 saturated heterocycles. The van der Waals surface area contributed by atoms with Crippen LogP contribution < -0.4 is 14.8 Å². The van der Waals surface area contributed by atoms with E-state index in [-0.39, 0.29) is 0 Å². The van der Waals surface area contributed by atoms with Crippen LogP contribution in [0.2, 0.25) is 0 Å². The maximum Gasteiger partial charge on any atom is 0.194 e. The Hall–Kier alpha value is -3.07. The number of nitrogens with zero attached hydrogens (tertiary/aromatic N) is 5. The van der Waals surface area contributed by atoms with E-state index in [1.807, 2.05) is 31.3 Å². The summed E-state index contributed by atoms with van der Waals surface area (Å²) in [6, 6.07) is 10.0. The Morgan fingerprint density at radius 3 is 2.84 bits per heavy atom. The van der Waals surface area contributed by atoms with Gasteiger partial charge in [0.1, 0.15) is 23.7 Å². The van der Waals surface area contributed by atoms with Crippen molar-refractivity contribution < 1.29 is 9.47 Å². The minimum atomic E-state index is 0.636.